The maximum atomic E-state index is 11.1. The highest BCUT2D eigenvalue weighted by atomic mass is 32.2. The van der Waals surface area contributed by atoms with Crippen LogP contribution in [0.2, 0.25) is 0 Å². The summed E-state index contributed by atoms with van der Waals surface area (Å²) in [7, 11) is 1.87. The molecule has 0 bridgehead atoms. The number of fused-ring (bicyclic) bond motifs is 2. The van der Waals surface area contributed by atoms with Gasteiger partial charge >= 0.3 is 11.9 Å². The number of anilines is 2. The standard InChI is InChI=1S/C15H11NO4S/c1-16-10-4-2-8(14(17)18)6-12(10)21-13-7-9(15(19)20)3-5-11(13)16/h2-7H,1H3,(H,17,18)(H,19,20). The largest absolute Gasteiger partial charge is 0.478 e. The zero-order chi connectivity index (χ0) is 15.1. The Morgan fingerprint density at radius 3 is 1.71 bits per heavy atom. The van der Waals surface area contributed by atoms with Crippen LogP contribution < -0.4 is 4.90 Å². The van der Waals surface area contributed by atoms with Crippen LogP contribution in [0.15, 0.2) is 46.2 Å². The van der Waals surface area contributed by atoms with Crippen molar-refractivity contribution in [2.45, 2.75) is 9.79 Å². The molecule has 21 heavy (non-hydrogen) atoms. The Morgan fingerprint density at radius 2 is 1.33 bits per heavy atom. The fourth-order valence-corrected chi connectivity index (χ4v) is 3.49. The van der Waals surface area contributed by atoms with Gasteiger partial charge in [0.1, 0.15) is 0 Å². The van der Waals surface area contributed by atoms with E-state index < -0.39 is 11.9 Å². The van der Waals surface area contributed by atoms with Crippen molar-refractivity contribution in [2.24, 2.45) is 0 Å². The van der Waals surface area contributed by atoms with Crippen molar-refractivity contribution in [1.29, 1.82) is 0 Å². The van der Waals surface area contributed by atoms with Crippen LogP contribution in [0.3, 0.4) is 0 Å². The van der Waals surface area contributed by atoms with E-state index in [2.05, 4.69) is 0 Å². The number of carboxylic acids is 2. The minimum Gasteiger partial charge on any atom is -0.478 e. The van der Waals surface area contributed by atoms with E-state index in [1.165, 1.54) is 11.8 Å². The highest BCUT2D eigenvalue weighted by Crippen LogP contribution is 2.47. The molecule has 0 spiro atoms. The first-order chi connectivity index (χ1) is 9.97. The molecule has 2 aromatic carbocycles. The SMILES string of the molecule is CN1c2ccc(C(=O)O)cc2Sc2cc(C(=O)O)ccc21. The molecule has 1 aliphatic rings. The number of hydrogen-bond acceptors (Lipinski definition) is 4. The molecule has 2 aromatic rings. The summed E-state index contributed by atoms with van der Waals surface area (Å²) >= 11 is 1.38. The van der Waals surface area contributed by atoms with Gasteiger partial charge in [0.2, 0.25) is 0 Å². The van der Waals surface area contributed by atoms with Gasteiger partial charge in [-0.2, -0.15) is 0 Å². The summed E-state index contributed by atoms with van der Waals surface area (Å²) in [6.45, 7) is 0. The molecule has 0 radical (unpaired) electrons. The summed E-state index contributed by atoms with van der Waals surface area (Å²) in [5.74, 6) is -1.96. The molecule has 0 aliphatic carbocycles. The number of benzene rings is 2. The van der Waals surface area contributed by atoms with Crippen LogP contribution in [0.1, 0.15) is 20.7 Å². The maximum absolute atomic E-state index is 11.1. The van der Waals surface area contributed by atoms with Crippen molar-refractivity contribution in [3.05, 3.63) is 47.5 Å². The van der Waals surface area contributed by atoms with Gasteiger partial charge in [-0.25, -0.2) is 9.59 Å². The van der Waals surface area contributed by atoms with Crippen molar-refractivity contribution < 1.29 is 19.8 Å². The van der Waals surface area contributed by atoms with E-state index in [1.54, 1.807) is 36.4 Å². The van der Waals surface area contributed by atoms with E-state index in [4.69, 9.17) is 10.2 Å². The molecule has 0 amide bonds. The van der Waals surface area contributed by atoms with Gasteiger partial charge in [0.25, 0.3) is 0 Å². The van der Waals surface area contributed by atoms with Gasteiger partial charge < -0.3 is 15.1 Å². The molecule has 2 N–H and O–H groups in total. The molecule has 6 heteroatoms. The first-order valence-electron chi connectivity index (χ1n) is 6.13. The third-order valence-corrected chi connectivity index (χ3v) is 4.45. The molecule has 0 aromatic heterocycles. The van der Waals surface area contributed by atoms with E-state index in [0.717, 1.165) is 21.2 Å². The minimum absolute atomic E-state index is 0.215. The van der Waals surface area contributed by atoms with Gasteiger partial charge in [-0.3, -0.25) is 0 Å². The van der Waals surface area contributed by atoms with Crippen LogP contribution in [0.4, 0.5) is 11.4 Å². The van der Waals surface area contributed by atoms with Crippen LogP contribution in [-0.2, 0) is 0 Å². The average molecular weight is 301 g/mol. The molecule has 106 valence electrons. The zero-order valence-electron chi connectivity index (χ0n) is 11.0. The second-order valence-electron chi connectivity index (χ2n) is 4.64. The lowest BCUT2D eigenvalue weighted by molar-refractivity contribution is 0.0686. The normalized spacial score (nSPS) is 12.5. The first kappa shape index (κ1) is 13.5. The molecule has 0 saturated heterocycles. The average Bonchev–Trinajstić information content (AvgIpc) is 2.46. The molecule has 0 saturated carbocycles. The summed E-state index contributed by atoms with van der Waals surface area (Å²) in [6, 6.07) is 9.87. The summed E-state index contributed by atoms with van der Waals surface area (Å²) in [6.07, 6.45) is 0. The Morgan fingerprint density at radius 1 is 0.905 bits per heavy atom. The maximum Gasteiger partial charge on any atom is 0.335 e. The van der Waals surface area contributed by atoms with Crippen molar-refractivity contribution in [1.82, 2.24) is 0 Å². The van der Waals surface area contributed by atoms with Crippen molar-refractivity contribution in [2.75, 3.05) is 11.9 Å². The van der Waals surface area contributed by atoms with Crippen molar-refractivity contribution in [3.63, 3.8) is 0 Å². The smallest absolute Gasteiger partial charge is 0.335 e. The van der Waals surface area contributed by atoms with Crippen molar-refractivity contribution in [3.8, 4) is 0 Å². The topological polar surface area (TPSA) is 77.8 Å². The third-order valence-electron chi connectivity index (χ3n) is 3.36. The Hall–Kier alpha value is -2.47. The van der Waals surface area contributed by atoms with Gasteiger partial charge in [0, 0.05) is 16.8 Å². The lowest BCUT2D eigenvalue weighted by atomic mass is 10.1. The van der Waals surface area contributed by atoms with Crippen LogP contribution in [0.25, 0.3) is 0 Å². The molecule has 0 unspecified atom stereocenters. The van der Waals surface area contributed by atoms with Gasteiger partial charge in [0.15, 0.2) is 0 Å². The number of rotatable bonds is 2. The highest BCUT2D eigenvalue weighted by molar-refractivity contribution is 7.99. The summed E-state index contributed by atoms with van der Waals surface area (Å²) in [5.41, 5.74) is 2.24. The predicted molar refractivity (Wildman–Crippen MR) is 79.0 cm³/mol. The summed E-state index contributed by atoms with van der Waals surface area (Å²) < 4.78 is 0. The van der Waals surface area contributed by atoms with Crippen LogP contribution in [0, 0.1) is 0 Å². The molecule has 0 atom stereocenters. The Balaban J connectivity index is 2.10. The first-order valence-corrected chi connectivity index (χ1v) is 6.95. The van der Waals surface area contributed by atoms with Crippen LogP contribution in [-0.4, -0.2) is 29.2 Å². The monoisotopic (exact) mass is 301 g/mol. The molecule has 1 aliphatic heterocycles. The number of carbonyl (C=O) groups is 2. The minimum atomic E-state index is -0.980. The lowest BCUT2D eigenvalue weighted by Gasteiger charge is -2.29. The Kier molecular flexibility index (Phi) is 3.10. The van der Waals surface area contributed by atoms with E-state index in [1.807, 2.05) is 11.9 Å². The summed E-state index contributed by atoms with van der Waals surface area (Å²) in [4.78, 5) is 25.6. The van der Waals surface area contributed by atoms with Gasteiger partial charge in [-0.15, -0.1) is 0 Å². The second-order valence-corrected chi connectivity index (χ2v) is 5.72. The number of hydrogen-bond donors (Lipinski definition) is 2. The van der Waals surface area contributed by atoms with Crippen LogP contribution in [0.5, 0.6) is 0 Å². The van der Waals surface area contributed by atoms with Crippen LogP contribution >= 0.6 is 11.8 Å². The predicted octanol–water partition coefficient (Wildman–Crippen LogP) is 3.32. The number of aromatic carboxylic acids is 2. The van der Waals surface area contributed by atoms with Crippen molar-refractivity contribution >= 4 is 35.1 Å². The van der Waals surface area contributed by atoms with E-state index in [0.29, 0.717) is 0 Å². The Labute approximate surface area is 124 Å². The highest BCUT2D eigenvalue weighted by Gasteiger charge is 2.22. The fourth-order valence-electron chi connectivity index (χ4n) is 2.26. The second kappa shape index (κ2) is 4.82. The molecule has 0 fully saturated rings. The van der Waals surface area contributed by atoms with Gasteiger partial charge in [0.05, 0.1) is 22.5 Å². The fraction of sp³-hybridized carbons (Fsp3) is 0.0667. The molecule has 1 heterocycles. The number of nitrogens with zero attached hydrogens (tertiary/aromatic N) is 1. The quantitative estimate of drug-likeness (QED) is 0.886. The van der Waals surface area contributed by atoms with E-state index in [9.17, 15) is 9.59 Å². The lowest BCUT2D eigenvalue weighted by Crippen LogP contribution is -2.15. The summed E-state index contributed by atoms with van der Waals surface area (Å²) in [5, 5.41) is 18.1. The van der Waals surface area contributed by atoms with E-state index in [-0.39, 0.29) is 11.1 Å². The van der Waals surface area contributed by atoms with Gasteiger partial charge in [-0.1, -0.05) is 11.8 Å². The van der Waals surface area contributed by atoms with E-state index >= 15 is 0 Å². The number of carboxylic acid groups (broad SMARTS) is 2. The third kappa shape index (κ3) is 2.23. The molecule has 3 rings (SSSR count). The zero-order valence-corrected chi connectivity index (χ0v) is 11.8. The molecule has 5 nitrogen and oxygen atoms in total. The Bertz CT molecular complexity index is 709. The van der Waals surface area contributed by atoms with Gasteiger partial charge in [-0.05, 0) is 36.4 Å². The molecular weight excluding hydrogens is 290 g/mol. The molecular formula is C15H11NO4S.